The van der Waals surface area contributed by atoms with Crippen LogP contribution in [-0.2, 0) is 0 Å². The third-order valence-electron chi connectivity index (χ3n) is 3.24. The lowest BCUT2D eigenvalue weighted by Crippen LogP contribution is -2.45. The maximum Gasteiger partial charge on any atom is 0.289 e. The standard InChI is InChI=1S/C12H17NO3/c1-2-9-8-13(6-5-10(9)14)12(15)11-4-3-7-16-11/h3-4,7,9-10,14H,2,5-6,8H2,1H3. The monoisotopic (exact) mass is 223 g/mol. The Bertz CT molecular complexity index is 347. The highest BCUT2D eigenvalue weighted by atomic mass is 16.3. The van der Waals surface area contributed by atoms with Crippen molar-refractivity contribution in [2.75, 3.05) is 13.1 Å². The predicted octanol–water partition coefficient (Wildman–Crippen LogP) is 1.51. The second kappa shape index (κ2) is 4.70. The number of furan rings is 1. The van der Waals surface area contributed by atoms with Gasteiger partial charge in [0.15, 0.2) is 5.76 Å². The number of piperidine rings is 1. The van der Waals surface area contributed by atoms with Crippen LogP contribution in [0.3, 0.4) is 0 Å². The molecule has 88 valence electrons. The molecule has 1 aromatic heterocycles. The molecule has 2 atom stereocenters. The minimum absolute atomic E-state index is 0.0737. The molecule has 4 heteroatoms. The Balaban J connectivity index is 2.03. The van der Waals surface area contributed by atoms with Crippen LogP contribution in [0.4, 0.5) is 0 Å². The second-order valence-corrected chi connectivity index (χ2v) is 4.25. The summed E-state index contributed by atoms with van der Waals surface area (Å²) in [7, 11) is 0. The number of hydrogen-bond acceptors (Lipinski definition) is 3. The van der Waals surface area contributed by atoms with E-state index in [0.29, 0.717) is 25.3 Å². The van der Waals surface area contributed by atoms with Crippen LogP contribution in [0.2, 0.25) is 0 Å². The van der Waals surface area contributed by atoms with E-state index in [9.17, 15) is 9.90 Å². The van der Waals surface area contributed by atoms with E-state index in [4.69, 9.17) is 4.42 Å². The Hall–Kier alpha value is -1.29. The number of hydrogen-bond donors (Lipinski definition) is 1. The van der Waals surface area contributed by atoms with Crippen LogP contribution in [0.1, 0.15) is 30.3 Å². The molecule has 4 nitrogen and oxygen atoms in total. The van der Waals surface area contributed by atoms with E-state index < -0.39 is 0 Å². The zero-order chi connectivity index (χ0) is 11.5. The third-order valence-corrected chi connectivity index (χ3v) is 3.24. The van der Waals surface area contributed by atoms with Gasteiger partial charge < -0.3 is 14.4 Å². The zero-order valence-corrected chi connectivity index (χ0v) is 9.43. The Kier molecular flexibility index (Phi) is 3.29. The summed E-state index contributed by atoms with van der Waals surface area (Å²) in [6.45, 7) is 3.27. The van der Waals surface area contributed by atoms with E-state index in [1.807, 2.05) is 6.92 Å². The molecule has 0 radical (unpaired) electrons. The van der Waals surface area contributed by atoms with Crippen LogP contribution in [-0.4, -0.2) is 35.1 Å². The number of likely N-dealkylation sites (tertiary alicyclic amines) is 1. The minimum atomic E-state index is -0.273. The molecule has 1 aliphatic heterocycles. The molecule has 1 amide bonds. The Morgan fingerprint density at radius 3 is 3.12 bits per heavy atom. The first-order valence-corrected chi connectivity index (χ1v) is 5.73. The van der Waals surface area contributed by atoms with Crippen LogP contribution in [0, 0.1) is 5.92 Å². The van der Waals surface area contributed by atoms with Crippen molar-refractivity contribution >= 4 is 5.91 Å². The lowest BCUT2D eigenvalue weighted by Gasteiger charge is -2.35. The smallest absolute Gasteiger partial charge is 0.289 e. The van der Waals surface area contributed by atoms with E-state index >= 15 is 0 Å². The van der Waals surface area contributed by atoms with Gasteiger partial charge in [-0.2, -0.15) is 0 Å². The normalized spacial score (nSPS) is 25.8. The quantitative estimate of drug-likeness (QED) is 0.826. The summed E-state index contributed by atoms with van der Waals surface area (Å²) in [5.41, 5.74) is 0. The number of rotatable bonds is 2. The highest BCUT2D eigenvalue weighted by Crippen LogP contribution is 2.21. The molecule has 0 aromatic carbocycles. The zero-order valence-electron chi connectivity index (χ0n) is 9.43. The number of aliphatic hydroxyl groups is 1. The fraction of sp³-hybridized carbons (Fsp3) is 0.583. The molecule has 1 saturated heterocycles. The Labute approximate surface area is 94.9 Å². The van der Waals surface area contributed by atoms with E-state index in [1.54, 1.807) is 17.0 Å². The number of aliphatic hydroxyl groups excluding tert-OH is 1. The van der Waals surface area contributed by atoms with Crippen LogP contribution < -0.4 is 0 Å². The number of carbonyl (C=O) groups is 1. The van der Waals surface area contributed by atoms with Crippen molar-refractivity contribution in [2.24, 2.45) is 5.92 Å². The molecule has 1 N–H and O–H groups in total. The second-order valence-electron chi connectivity index (χ2n) is 4.25. The molecule has 1 fully saturated rings. The van der Waals surface area contributed by atoms with Crippen LogP contribution in [0.25, 0.3) is 0 Å². The molecule has 0 saturated carbocycles. The molecule has 0 spiro atoms. The van der Waals surface area contributed by atoms with Gasteiger partial charge >= 0.3 is 0 Å². The van der Waals surface area contributed by atoms with Crippen LogP contribution >= 0.6 is 0 Å². The molecular formula is C12H17NO3. The SMILES string of the molecule is CCC1CN(C(=O)c2ccco2)CCC1O. The van der Waals surface area contributed by atoms with Crippen molar-refractivity contribution in [3.63, 3.8) is 0 Å². The van der Waals surface area contributed by atoms with Gasteiger partial charge in [-0.25, -0.2) is 0 Å². The van der Waals surface area contributed by atoms with Crippen molar-refractivity contribution in [3.8, 4) is 0 Å². The van der Waals surface area contributed by atoms with Gasteiger partial charge in [0.1, 0.15) is 0 Å². The molecular weight excluding hydrogens is 206 g/mol. The Morgan fingerprint density at radius 1 is 1.69 bits per heavy atom. The topological polar surface area (TPSA) is 53.7 Å². The first-order valence-electron chi connectivity index (χ1n) is 5.73. The van der Waals surface area contributed by atoms with Gasteiger partial charge in [-0.1, -0.05) is 6.92 Å². The lowest BCUT2D eigenvalue weighted by molar-refractivity contribution is 0.0213. The average Bonchev–Trinajstić information content (AvgIpc) is 2.82. The van der Waals surface area contributed by atoms with Crippen LogP contribution in [0.5, 0.6) is 0 Å². The molecule has 1 aliphatic rings. The summed E-state index contributed by atoms with van der Waals surface area (Å²) in [6.07, 6.45) is 2.78. The van der Waals surface area contributed by atoms with Gasteiger partial charge in [-0.3, -0.25) is 4.79 Å². The first kappa shape index (κ1) is 11.2. The molecule has 1 aromatic rings. The van der Waals surface area contributed by atoms with E-state index in [-0.39, 0.29) is 17.9 Å². The maximum atomic E-state index is 12.0. The lowest BCUT2D eigenvalue weighted by atomic mass is 9.92. The largest absolute Gasteiger partial charge is 0.459 e. The van der Waals surface area contributed by atoms with E-state index in [0.717, 1.165) is 6.42 Å². The summed E-state index contributed by atoms with van der Waals surface area (Å²) in [6, 6.07) is 3.39. The molecule has 16 heavy (non-hydrogen) atoms. The number of amides is 1. The summed E-state index contributed by atoms with van der Waals surface area (Å²) in [5, 5.41) is 9.74. The molecule has 0 aliphatic carbocycles. The fourth-order valence-corrected chi connectivity index (χ4v) is 2.16. The molecule has 2 heterocycles. The van der Waals surface area contributed by atoms with Gasteiger partial charge in [0.2, 0.25) is 0 Å². The third kappa shape index (κ3) is 2.11. The first-order chi connectivity index (χ1) is 7.72. The average molecular weight is 223 g/mol. The fourth-order valence-electron chi connectivity index (χ4n) is 2.16. The Morgan fingerprint density at radius 2 is 2.50 bits per heavy atom. The van der Waals surface area contributed by atoms with Crippen molar-refractivity contribution < 1.29 is 14.3 Å². The highest BCUT2D eigenvalue weighted by molar-refractivity contribution is 5.91. The minimum Gasteiger partial charge on any atom is -0.459 e. The number of nitrogens with zero attached hydrogens (tertiary/aromatic N) is 1. The van der Waals surface area contributed by atoms with Gasteiger partial charge in [-0.05, 0) is 25.0 Å². The molecule has 0 bridgehead atoms. The maximum absolute atomic E-state index is 12.0. The summed E-state index contributed by atoms with van der Waals surface area (Å²) < 4.78 is 5.09. The highest BCUT2D eigenvalue weighted by Gasteiger charge is 2.30. The van der Waals surface area contributed by atoms with Crippen molar-refractivity contribution in [2.45, 2.75) is 25.9 Å². The molecule has 2 rings (SSSR count). The van der Waals surface area contributed by atoms with Crippen molar-refractivity contribution in [3.05, 3.63) is 24.2 Å². The van der Waals surface area contributed by atoms with E-state index in [1.165, 1.54) is 6.26 Å². The van der Waals surface area contributed by atoms with Crippen molar-refractivity contribution in [1.29, 1.82) is 0 Å². The van der Waals surface area contributed by atoms with Gasteiger partial charge in [-0.15, -0.1) is 0 Å². The molecule has 2 unspecified atom stereocenters. The van der Waals surface area contributed by atoms with Crippen LogP contribution in [0.15, 0.2) is 22.8 Å². The van der Waals surface area contributed by atoms with Gasteiger partial charge in [0, 0.05) is 19.0 Å². The number of carbonyl (C=O) groups excluding carboxylic acids is 1. The summed E-state index contributed by atoms with van der Waals surface area (Å²) in [4.78, 5) is 13.7. The van der Waals surface area contributed by atoms with Gasteiger partial charge in [0.05, 0.1) is 12.4 Å². The van der Waals surface area contributed by atoms with Gasteiger partial charge in [0.25, 0.3) is 5.91 Å². The predicted molar refractivity (Wildman–Crippen MR) is 59.0 cm³/mol. The summed E-state index contributed by atoms with van der Waals surface area (Å²) in [5.74, 6) is 0.495. The van der Waals surface area contributed by atoms with Crippen molar-refractivity contribution in [1.82, 2.24) is 4.90 Å². The van der Waals surface area contributed by atoms with E-state index in [2.05, 4.69) is 0 Å². The summed E-state index contributed by atoms with van der Waals surface area (Å²) >= 11 is 0.